The van der Waals surface area contributed by atoms with Crippen LogP contribution in [0.15, 0.2) is 47.2 Å². The van der Waals surface area contributed by atoms with Crippen molar-refractivity contribution < 1.29 is 14.0 Å². The van der Waals surface area contributed by atoms with E-state index < -0.39 is 0 Å². The highest BCUT2D eigenvalue weighted by atomic mass is 16.3. The van der Waals surface area contributed by atoms with Crippen LogP contribution in [0.1, 0.15) is 24.8 Å². The van der Waals surface area contributed by atoms with Crippen LogP contribution in [0.25, 0.3) is 0 Å². The van der Waals surface area contributed by atoms with E-state index in [2.05, 4.69) is 10.3 Å². The van der Waals surface area contributed by atoms with Gasteiger partial charge in [-0.25, -0.2) is 0 Å². The predicted octanol–water partition coefficient (Wildman–Crippen LogP) is 1.73. The van der Waals surface area contributed by atoms with E-state index in [9.17, 15) is 9.59 Å². The monoisotopic (exact) mass is 301 g/mol. The van der Waals surface area contributed by atoms with Crippen molar-refractivity contribution >= 4 is 11.8 Å². The number of carbonyl (C=O) groups excluding carboxylic acids is 2. The van der Waals surface area contributed by atoms with E-state index in [-0.39, 0.29) is 18.2 Å². The second-order valence-corrected chi connectivity index (χ2v) is 4.87. The van der Waals surface area contributed by atoms with Crippen molar-refractivity contribution in [3.05, 3.63) is 54.2 Å². The lowest BCUT2D eigenvalue weighted by Crippen LogP contribution is -2.33. The molecule has 2 aromatic heterocycles. The summed E-state index contributed by atoms with van der Waals surface area (Å²) in [4.78, 5) is 29.3. The van der Waals surface area contributed by atoms with Crippen LogP contribution in [-0.4, -0.2) is 28.2 Å². The number of hydrogen-bond donors (Lipinski definition) is 1. The highest BCUT2D eigenvalue weighted by molar-refractivity contribution is 5.77. The number of aromatic nitrogens is 1. The van der Waals surface area contributed by atoms with Gasteiger partial charge in [0.25, 0.3) is 0 Å². The Morgan fingerprint density at radius 2 is 2.14 bits per heavy atom. The molecule has 2 heterocycles. The number of nitrogens with zero attached hydrogens (tertiary/aromatic N) is 2. The zero-order valence-corrected chi connectivity index (χ0v) is 12.5. The zero-order valence-electron chi connectivity index (χ0n) is 12.5. The van der Waals surface area contributed by atoms with Crippen LogP contribution in [0.5, 0.6) is 0 Å². The summed E-state index contributed by atoms with van der Waals surface area (Å²) in [6, 6.07) is 9.11. The van der Waals surface area contributed by atoms with Crippen molar-refractivity contribution in [1.82, 2.24) is 15.2 Å². The zero-order chi connectivity index (χ0) is 15.8. The molecule has 0 fully saturated rings. The van der Waals surface area contributed by atoms with E-state index >= 15 is 0 Å². The van der Waals surface area contributed by atoms with Gasteiger partial charge in [0.05, 0.1) is 25.0 Å². The molecule has 0 aliphatic rings. The maximum Gasteiger partial charge on any atom is 0.222 e. The largest absolute Gasteiger partial charge is 0.467 e. The Morgan fingerprint density at radius 3 is 2.77 bits per heavy atom. The smallest absolute Gasteiger partial charge is 0.222 e. The van der Waals surface area contributed by atoms with Crippen LogP contribution in [0.3, 0.4) is 0 Å². The van der Waals surface area contributed by atoms with Crippen molar-refractivity contribution in [2.24, 2.45) is 0 Å². The molecule has 0 radical (unpaired) electrons. The minimum Gasteiger partial charge on any atom is -0.467 e. The van der Waals surface area contributed by atoms with Crippen molar-refractivity contribution in [3.8, 4) is 0 Å². The van der Waals surface area contributed by atoms with E-state index in [0.29, 0.717) is 25.4 Å². The van der Waals surface area contributed by atoms with Crippen molar-refractivity contribution in [1.29, 1.82) is 0 Å². The Hall–Kier alpha value is -2.63. The average Bonchev–Trinajstić information content (AvgIpc) is 3.03. The third-order valence-corrected chi connectivity index (χ3v) is 3.17. The number of nitrogens with one attached hydrogen (secondary N) is 1. The topological polar surface area (TPSA) is 75.4 Å². The molecule has 0 unspecified atom stereocenters. The number of pyridine rings is 1. The second-order valence-electron chi connectivity index (χ2n) is 4.87. The highest BCUT2D eigenvalue weighted by Crippen LogP contribution is 2.03. The Balaban J connectivity index is 1.78. The second kappa shape index (κ2) is 7.97. The molecule has 0 spiro atoms. The molecule has 0 saturated carbocycles. The fourth-order valence-electron chi connectivity index (χ4n) is 1.96. The van der Waals surface area contributed by atoms with Gasteiger partial charge in [0.15, 0.2) is 0 Å². The summed E-state index contributed by atoms with van der Waals surface area (Å²) in [6.45, 7) is 2.60. The molecule has 1 N–H and O–H groups in total. The lowest BCUT2D eigenvalue weighted by Gasteiger charge is -2.20. The summed E-state index contributed by atoms with van der Waals surface area (Å²) in [5.41, 5.74) is 0.800. The summed E-state index contributed by atoms with van der Waals surface area (Å²) < 4.78 is 5.14. The first-order chi connectivity index (χ1) is 10.6. The summed E-state index contributed by atoms with van der Waals surface area (Å²) in [7, 11) is 0. The molecular weight excluding hydrogens is 282 g/mol. The third-order valence-electron chi connectivity index (χ3n) is 3.17. The Kier molecular flexibility index (Phi) is 5.71. The number of rotatable bonds is 7. The average molecular weight is 301 g/mol. The molecule has 0 aliphatic heterocycles. The van der Waals surface area contributed by atoms with Gasteiger partial charge in [-0.1, -0.05) is 6.07 Å². The minimum absolute atomic E-state index is 0.0792. The Bertz CT molecular complexity index is 596. The SMILES string of the molecule is CC(=O)N(CCC(=O)NCc1ccco1)Cc1ccccn1. The van der Waals surface area contributed by atoms with Gasteiger partial charge >= 0.3 is 0 Å². The van der Waals surface area contributed by atoms with E-state index in [4.69, 9.17) is 4.42 Å². The van der Waals surface area contributed by atoms with Crippen LogP contribution in [-0.2, 0) is 22.7 Å². The molecule has 0 bridgehead atoms. The first-order valence-corrected chi connectivity index (χ1v) is 7.09. The number of hydrogen-bond acceptors (Lipinski definition) is 4. The molecule has 6 heteroatoms. The first-order valence-electron chi connectivity index (χ1n) is 7.09. The number of carbonyl (C=O) groups is 2. The molecule has 116 valence electrons. The molecule has 22 heavy (non-hydrogen) atoms. The van der Waals surface area contributed by atoms with Gasteiger partial charge < -0.3 is 14.6 Å². The van der Waals surface area contributed by atoms with Crippen molar-refractivity contribution in [2.75, 3.05) is 6.54 Å². The van der Waals surface area contributed by atoms with Crippen LogP contribution in [0, 0.1) is 0 Å². The van der Waals surface area contributed by atoms with E-state index in [0.717, 1.165) is 5.69 Å². The van der Waals surface area contributed by atoms with Crippen molar-refractivity contribution in [2.45, 2.75) is 26.4 Å². The van der Waals surface area contributed by atoms with Gasteiger partial charge in [-0.3, -0.25) is 14.6 Å². The molecule has 6 nitrogen and oxygen atoms in total. The molecule has 2 rings (SSSR count). The predicted molar refractivity (Wildman–Crippen MR) is 80.5 cm³/mol. The standard InChI is InChI=1S/C16H19N3O3/c1-13(20)19(12-14-5-2-3-8-17-14)9-7-16(21)18-11-15-6-4-10-22-15/h2-6,8,10H,7,9,11-12H2,1H3,(H,18,21). The highest BCUT2D eigenvalue weighted by Gasteiger charge is 2.12. The van der Waals surface area contributed by atoms with Crippen LogP contribution < -0.4 is 5.32 Å². The van der Waals surface area contributed by atoms with Gasteiger partial charge in [-0.15, -0.1) is 0 Å². The van der Waals surface area contributed by atoms with Gasteiger partial charge in [0.1, 0.15) is 5.76 Å². The first kappa shape index (κ1) is 15.8. The summed E-state index contributed by atoms with van der Waals surface area (Å²) in [5, 5.41) is 2.76. The molecule has 0 aromatic carbocycles. The van der Waals surface area contributed by atoms with E-state index in [1.807, 2.05) is 18.2 Å². The normalized spacial score (nSPS) is 10.2. The summed E-state index contributed by atoms with van der Waals surface area (Å²) in [5.74, 6) is 0.499. The summed E-state index contributed by atoms with van der Waals surface area (Å²) in [6.07, 6.45) is 3.49. The quantitative estimate of drug-likeness (QED) is 0.845. The number of furan rings is 1. The van der Waals surface area contributed by atoms with Gasteiger partial charge in [-0.2, -0.15) is 0 Å². The molecule has 0 aliphatic carbocycles. The molecule has 2 amide bonds. The van der Waals surface area contributed by atoms with E-state index in [1.54, 1.807) is 29.5 Å². The molecule has 0 saturated heterocycles. The Labute approximate surface area is 129 Å². The maximum absolute atomic E-state index is 11.8. The van der Waals surface area contributed by atoms with Gasteiger partial charge in [0, 0.05) is 26.1 Å². The Morgan fingerprint density at radius 1 is 1.27 bits per heavy atom. The van der Waals surface area contributed by atoms with Crippen LogP contribution in [0.2, 0.25) is 0 Å². The van der Waals surface area contributed by atoms with Crippen molar-refractivity contribution in [3.63, 3.8) is 0 Å². The third kappa shape index (κ3) is 5.05. The molecular formula is C16H19N3O3. The molecule has 0 atom stereocenters. The summed E-state index contributed by atoms with van der Waals surface area (Å²) >= 11 is 0. The van der Waals surface area contributed by atoms with Crippen LogP contribution >= 0.6 is 0 Å². The lowest BCUT2D eigenvalue weighted by atomic mass is 10.3. The lowest BCUT2D eigenvalue weighted by molar-refractivity contribution is -0.130. The minimum atomic E-state index is -0.122. The van der Waals surface area contributed by atoms with Gasteiger partial charge in [-0.05, 0) is 24.3 Å². The fourth-order valence-corrected chi connectivity index (χ4v) is 1.96. The molecule has 2 aromatic rings. The van der Waals surface area contributed by atoms with Crippen LogP contribution in [0.4, 0.5) is 0 Å². The number of amides is 2. The van der Waals surface area contributed by atoms with Gasteiger partial charge in [0.2, 0.25) is 11.8 Å². The fraction of sp³-hybridized carbons (Fsp3) is 0.312. The maximum atomic E-state index is 11.8. The van der Waals surface area contributed by atoms with E-state index in [1.165, 1.54) is 6.92 Å².